The van der Waals surface area contributed by atoms with Crippen molar-refractivity contribution in [2.24, 2.45) is 11.8 Å². The topological polar surface area (TPSA) is 41.3 Å². The van der Waals surface area contributed by atoms with Crippen LogP contribution in [0.15, 0.2) is 41.7 Å². The molecule has 0 aromatic carbocycles. The van der Waals surface area contributed by atoms with E-state index in [2.05, 4.69) is 0 Å². The van der Waals surface area contributed by atoms with Gasteiger partial charge in [-0.25, -0.2) is 4.57 Å². The largest absolute Gasteiger partial charge is 0.276 e. The molecule has 2 aliphatic rings. The average molecular weight is 292 g/mol. The number of imide groups is 1. The Morgan fingerprint density at radius 3 is 2.60 bits per heavy atom. The first-order chi connectivity index (χ1) is 9.66. The number of nitrogens with zero attached hydrogens (tertiary/aromatic N) is 2. The van der Waals surface area contributed by atoms with Crippen molar-refractivity contribution in [3.05, 3.63) is 41.7 Å². The fraction of sp³-hybridized carbons (Fsp3) is 0.400. The molecule has 3 rings (SSSR count). The van der Waals surface area contributed by atoms with Crippen molar-refractivity contribution in [1.82, 2.24) is 4.90 Å². The number of amides is 2. The van der Waals surface area contributed by atoms with Gasteiger partial charge in [0.2, 0.25) is 11.8 Å². The molecule has 1 aromatic heterocycles. The molecule has 1 saturated heterocycles. The Balaban J connectivity index is 1.69. The Bertz CT molecular complexity index is 570. The molecule has 20 heavy (non-hydrogen) atoms. The Labute approximate surface area is 122 Å². The molecule has 1 fully saturated rings. The van der Waals surface area contributed by atoms with E-state index in [1.54, 1.807) is 0 Å². The number of aromatic nitrogens is 1. The molecular weight excluding hydrogens is 276 g/mol. The van der Waals surface area contributed by atoms with E-state index in [9.17, 15) is 9.59 Å². The maximum absolute atomic E-state index is 12.3. The summed E-state index contributed by atoms with van der Waals surface area (Å²) >= 11 is 5.99. The number of allylic oxidation sites excluding steroid dienone is 2. The predicted octanol–water partition coefficient (Wildman–Crippen LogP) is 1.49. The lowest BCUT2D eigenvalue weighted by atomic mass is 9.85. The van der Waals surface area contributed by atoms with Gasteiger partial charge in [0.1, 0.15) is 0 Å². The lowest BCUT2D eigenvalue weighted by molar-refractivity contribution is -0.696. The highest BCUT2D eigenvalue weighted by molar-refractivity contribution is 6.30. The third kappa shape index (κ3) is 2.36. The standard InChI is InChI=1S/C15H16ClN2O2/c16-11-4-5-12-13(10-11)15(20)18(14(12)19)9-8-17-6-2-1-3-7-17/h1-4,6-7,12-13H,5,8-10H2/q+1/t12-,13-/m0/s1. The highest BCUT2D eigenvalue weighted by atomic mass is 35.5. The number of rotatable bonds is 3. The molecule has 5 heteroatoms. The van der Waals surface area contributed by atoms with E-state index in [-0.39, 0.29) is 23.7 Å². The fourth-order valence-electron chi connectivity index (χ4n) is 2.92. The molecule has 0 unspecified atom stereocenters. The van der Waals surface area contributed by atoms with E-state index in [1.807, 2.05) is 41.2 Å². The molecule has 0 bridgehead atoms. The van der Waals surface area contributed by atoms with Crippen molar-refractivity contribution in [1.29, 1.82) is 0 Å². The van der Waals surface area contributed by atoms with Crippen molar-refractivity contribution in [2.75, 3.05) is 6.54 Å². The van der Waals surface area contributed by atoms with Crippen molar-refractivity contribution in [3.8, 4) is 0 Å². The van der Waals surface area contributed by atoms with Gasteiger partial charge in [0.05, 0.1) is 18.4 Å². The number of hydrogen-bond donors (Lipinski definition) is 0. The van der Waals surface area contributed by atoms with Crippen LogP contribution in [0.3, 0.4) is 0 Å². The van der Waals surface area contributed by atoms with Gasteiger partial charge in [-0.05, 0) is 12.8 Å². The van der Waals surface area contributed by atoms with Crippen molar-refractivity contribution < 1.29 is 14.2 Å². The van der Waals surface area contributed by atoms with Crippen LogP contribution in [0.1, 0.15) is 12.8 Å². The van der Waals surface area contributed by atoms with Gasteiger partial charge in [-0.15, -0.1) is 0 Å². The van der Waals surface area contributed by atoms with Crippen LogP contribution in [0.4, 0.5) is 0 Å². The lowest BCUT2D eigenvalue weighted by Crippen LogP contribution is -2.42. The number of fused-ring (bicyclic) bond motifs is 1. The van der Waals surface area contributed by atoms with E-state index in [0.29, 0.717) is 31.0 Å². The number of halogens is 1. The zero-order chi connectivity index (χ0) is 14.1. The van der Waals surface area contributed by atoms with Crippen LogP contribution in [0, 0.1) is 11.8 Å². The number of likely N-dealkylation sites (tertiary alicyclic amines) is 1. The van der Waals surface area contributed by atoms with Crippen LogP contribution in [0.25, 0.3) is 0 Å². The Kier molecular flexibility index (Phi) is 3.57. The van der Waals surface area contributed by atoms with Crippen LogP contribution in [0.2, 0.25) is 0 Å². The van der Waals surface area contributed by atoms with E-state index in [4.69, 9.17) is 11.6 Å². The lowest BCUT2D eigenvalue weighted by Gasteiger charge is -2.17. The van der Waals surface area contributed by atoms with Gasteiger partial charge in [0.15, 0.2) is 18.9 Å². The van der Waals surface area contributed by atoms with Crippen LogP contribution in [0.5, 0.6) is 0 Å². The molecule has 4 nitrogen and oxygen atoms in total. The van der Waals surface area contributed by atoms with E-state index >= 15 is 0 Å². The SMILES string of the molecule is O=C1[C@H]2CC=C(Cl)C[C@@H]2C(=O)N1CC[n+]1ccccc1. The Hall–Kier alpha value is -1.68. The first kappa shape index (κ1) is 13.3. The predicted molar refractivity (Wildman–Crippen MR) is 73.5 cm³/mol. The Morgan fingerprint density at radius 2 is 1.85 bits per heavy atom. The summed E-state index contributed by atoms with van der Waals surface area (Å²) in [7, 11) is 0. The second-order valence-corrected chi connectivity index (χ2v) is 5.73. The Morgan fingerprint density at radius 1 is 1.15 bits per heavy atom. The van der Waals surface area contributed by atoms with Crippen molar-refractivity contribution in [2.45, 2.75) is 19.4 Å². The molecule has 0 spiro atoms. The number of carbonyl (C=O) groups is 2. The summed E-state index contributed by atoms with van der Waals surface area (Å²) in [5, 5.41) is 0.701. The van der Waals surface area contributed by atoms with Crippen LogP contribution in [-0.4, -0.2) is 23.3 Å². The zero-order valence-electron chi connectivity index (χ0n) is 11.0. The fourth-order valence-corrected chi connectivity index (χ4v) is 3.17. The molecule has 2 atom stereocenters. The monoisotopic (exact) mass is 291 g/mol. The minimum Gasteiger partial charge on any atom is -0.276 e. The number of hydrogen-bond acceptors (Lipinski definition) is 2. The minimum absolute atomic E-state index is 0.0445. The third-order valence-electron chi connectivity index (χ3n) is 4.02. The summed E-state index contributed by atoms with van der Waals surface area (Å²) in [6.07, 6.45) is 6.81. The maximum Gasteiger partial charge on any atom is 0.233 e. The van der Waals surface area contributed by atoms with Gasteiger partial charge in [0.25, 0.3) is 0 Å². The first-order valence-electron chi connectivity index (χ1n) is 6.80. The summed E-state index contributed by atoms with van der Waals surface area (Å²) in [5.74, 6) is -0.564. The second-order valence-electron chi connectivity index (χ2n) is 5.25. The molecule has 1 aliphatic heterocycles. The van der Waals surface area contributed by atoms with Gasteiger partial charge in [-0.1, -0.05) is 23.7 Å². The first-order valence-corrected chi connectivity index (χ1v) is 7.18. The van der Waals surface area contributed by atoms with E-state index in [1.165, 1.54) is 4.90 Å². The summed E-state index contributed by atoms with van der Waals surface area (Å²) in [6, 6.07) is 5.79. The molecule has 0 saturated carbocycles. The average Bonchev–Trinajstić information content (AvgIpc) is 2.70. The molecular formula is C15H16ClN2O2+. The normalized spacial score (nSPS) is 25.6. The molecule has 2 heterocycles. The van der Waals surface area contributed by atoms with Gasteiger partial charge < -0.3 is 0 Å². The number of carbonyl (C=O) groups excluding carboxylic acids is 2. The van der Waals surface area contributed by atoms with Crippen LogP contribution < -0.4 is 4.57 Å². The quantitative estimate of drug-likeness (QED) is 0.625. The summed E-state index contributed by atoms with van der Waals surface area (Å²) < 4.78 is 1.97. The second kappa shape index (κ2) is 5.37. The van der Waals surface area contributed by atoms with Crippen molar-refractivity contribution in [3.63, 3.8) is 0 Å². The van der Waals surface area contributed by atoms with Gasteiger partial charge in [-0.3, -0.25) is 14.5 Å². The summed E-state index contributed by atoms with van der Waals surface area (Å²) in [6.45, 7) is 1.05. The minimum atomic E-state index is -0.249. The van der Waals surface area contributed by atoms with Gasteiger partial charge >= 0.3 is 0 Å². The molecule has 1 aliphatic carbocycles. The smallest absolute Gasteiger partial charge is 0.233 e. The maximum atomic E-state index is 12.3. The highest BCUT2D eigenvalue weighted by Crippen LogP contribution is 2.38. The van der Waals surface area contributed by atoms with Gasteiger partial charge in [0, 0.05) is 17.2 Å². The van der Waals surface area contributed by atoms with E-state index in [0.717, 1.165) is 0 Å². The van der Waals surface area contributed by atoms with Crippen molar-refractivity contribution >= 4 is 23.4 Å². The molecule has 0 N–H and O–H groups in total. The van der Waals surface area contributed by atoms with Gasteiger partial charge in [-0.2, -0.15) is 0 Å². The molecule has 104 valence electrons. The zero-order valence-corrected chi connectivity index (χ0v) is 11.8. The molecule has 2 amide bonds. The summed E-state index contributed by atoms with van der Waals surface area (Å²) in [5.41, 5.74) is 0. The summed E-state index contributed by atoms with van der Waals surface area (Å²) in [4.78, 5) is 26.0. The third-order valence-corrected chi connectivity index (χ3v) is 4.33. The highest BCUT2D eigenvalue weighted by Gasteiger charge is 2.48. The van der Waals surface area contributed by atoms with Crippen LogP contribution in [-0.2, 0) is 16.1 Å². The van der Waals surface area contributed by atoms with Crippen LogP contribution >= 0.6 is 11.6 Å². The number of pyridine rings is 1. The van der Waals surface area contributed by atoms with E-state index < -0.39 is 0 Å². The molecule has 1 aromatic rings. The molecule has 0 radical (unpaired) electrons.